The summed E-state index contributed by atoms with van der Waals surface area (Å²) in [5.41, 5.74) is 5.47. The number of hydrogen-bond donors (Lipinski definition) is 1. The SMILES string of the molecule is O=C(Nc1ccc(C(=O)N2CCCc3ccccc32)cc1)c1ccccc1-c1ccccn1. The van der Waals surface area contributed by atoms with E-state index in [2.05, 4.69) is 16.4 Å². The molecular weight excluding hydrogens is 410 g/mol. The molecule has 2 amide bonds. The predicted molar refractivity (Wildman–Crippen MR) is 131 cm³/mol. The normalized spacial score (nSPS) is 12.7. The largest absolute Gasteiger partial charge is 0.322 e. The Morgan fingerprint density at radius 1 is 0.818 bits per heavy atom. The zero-order valence-electron chi connectivity index (χ0n) is 18.1. The van der Waals surface area contributed by atoms with E-state index in [0.717, 1.165) is 29.8 Å². The van der Waals surface area contributed by atoms with Crippen molar-refractivity contribution < 1.29 is 9.59 Å². The summed E-state index contributed by atoms with van der Waals surface area (Å²) in [7, 11) is 0. The van der Waals surface area contributed by atoms with Crippen LogP contribution in [-0.2, 0) is 6.42 Å². The molecule has 0 saturated heterocycles. The lowest BCUT2D eigenvalue weighted by atomic mass is 10.0. The number of para-hydroxylation sites is 1. The number of aromatic nitrogens is 1. The molecule has 1 aliphatic heterocycles. The van der Waals surface area contributed by atoms with Crippen LogP contribution in [0.1, 0.15) is 32.7 Å². The van der Waals surface area contributed by atoms with E-state index in [9.17, 15) is 9.59 Å². The van der Waals surface area contributed by atoms with E-state index in [1.165, 1.54) is 5.56 Å². The first-order valence-electron chi connectivity index (χ1n) is 11.0. The fourth-order valence-corrected chi connectivity index (χ4v) is 4.22. The molecule has 0 unspecified atom stereocenters. The minimum absolute atomic E-state index is 0.0273. The quantitative estimate of drug-likeness (QED) is 0.456. The fraction of sp³-hybridized carbons (Fsp3) is 0.107. The molecule has 0 radical (unpaired) electrons. The Bertz CT molecular complexity index is 1300. The zero-order chi connectivity index (χ0) is 22.6. The summed E-state index contributed by atoms with van der Waals surface area (Å²) in [4.78, 5) is 32.4. The standard InChI is InChI=1S/C28H23N3O2/c32-27(24-11-3-2-10-23(24)25-12-5-6-18-29-25)30-22-16-14-21(15-17-22)28(33)31-19-7-9-20-8-1-4-13-26(20)31/h1-6,8,10-18H,7,9,19H2,(H,30,32). The Morgan fingerprint density at radius 2 is 1.58 bits per heavy atom. The van der Waals surface area contributed by atoms with Crippen molar-refractivity contribution in [2.45, 2.75) is 12.8 Å². The third-order valence-electron chi connectivity index (χ3n) is 5.86. The van der Waals surface area contributed by atoms with Gasteiger partial charge < -0.3 is 10.2 Å². The maximum atomic E-state index is 13.2. The molecule has 0 spiro atoms. The second-order valence-electron chi connectivity index (χ2n) is 7.98. The van der Waals surface area contributed by atoms with E-state index < -0.39 is 0 Å². The van der Waals surface area contributed by atoms with Crippen LogP contribution in [-0.4, -0.2) is 23.3 Å². The smallest absolute Gasteiger partial charge is 0.258 e. The van der Waals surface area contributed by atoms with Gasteiger partial charge >= 0.3 is 0 Å². The Morgan fingerprint density at radius 3 is 2.39 bits per heavy atom. The summed E-state index contributed by atoms with van der Waals surface area (Å²) in [6, 6.07) is 28.1. The van der Waals surface area contributed by atoms with Gasteiger partial charge in [0.15, 0.2) is 0 Å². The maximum absolute atomic E-state index is 13.2. The Hall–Kier alpha value is -4.25. The molecule has 1 aliphatic rings. The number of nitrogens with one attached hydrogen (secondary N) is 1. The summed E-state index contributed by atoms with van der Waals surface area (Å²) >= 11 is 0. The number of carbonyl (C=O) groups is 2. The highest BCUT2D eigenvalue weighted by Crippen LogP contribution is 2.28. The van der Waals surface area contributed by atoms with Crippen molar-refractivity contribution in [1.82, 2.24) is 4.98 Å². The molecule has 33 heavy (non-hydrogen) atoms. The second kappa shape index (κ2) is 9.09. The van der Waals surface area contributed by atoms with Gasteiger partial charge in [-0.05, 0) is 66.9 Å². The molecule has 0 fully saturated rings. The van der Waals surface area contributed by atoms with Crippen LogP contribution in [0.4, 0.5) is 11.4 Å². The molecule has 0 atom stereocenters. The van der Waals surface area contributed by atoms with E-state index in [-0.39, 0.29) is 11.8 Å². The molecule has 0 aliphatic carbocycles. The van der Waals surface area contributed by atoms with Crippen molar-refractivity contribution in [3.63, 3.8) is 0 Å². The second-order valence-corrected chi connectivity index (χ2v) is 7.98. The van der Waals surface area contributed by atoms with Gasteiger partial charge in [-0.2, -0.15) is 0 Å². The number of amides is 2. The first kappa shape index (κ1) is 20.6. The van der Waals surface area contributed by atoms with Crippen LogP contribution < -0.4 is 10.2 Å². The molecule has 5 nitrogen and oxygen atoms in total. The number of fused-ring (bicyclic) bond motifs is 1. The third kappa shape index (κ3) is 4.26. The molecule has 5 heteroatoms. The topological polar surface area (TPSA) is 62.3 Å². The van der Waals surface area contributed by atoms with Gasteiger partial charge in [0.1, 0.15) is 0 Å². The van der Waals surface area contributed by atoms with Crippen molar-refractivity contribution in [3.05, 3.63) is 114 Å². The minimum Gasteiger partial charge on any atom is -0.322 e. The van der Waals surface area contributed by atoms with E-state index in [4.69, 9.17) is 0 Å². The van der Waals surface area contributed by atoms with Gasteiger partial charge in [0.05, 0.1) is 5.69 Å². The first-order valence-corrected chi connectivity index (χ1v) is 11.0. The number of nitrogens with zero attached hydrogens (tertiary/aromatic N) is 2. The first-order chi connectivity index (χ1) is 16.2. The third-order valence-corrected chi connectivity index (χ3v) is 5.86. The molecule has 0 saturated carbocycles. The lowest BCUT2D eigenvalue weighted by Gasteiger charge is -2.29. The van der Waals surface area contributed by atoms with Crippen LogP contribution in [0.25, 0.3) is 11.3 Å². The van der Waals surface area contributed by atoms with Crippen LogP contribution >= 0.6 is 0 Å². The highest BCUT2D eigenvalue weighted by atomic mass is 16.2. The number of hydrogen-bond acceptors (Lipinski definition) is 3. The number of carbonyl (C=O) groups excluding carboxylic acids is 2. The molecule has 0 bridgehead atoms. The number of anilines is 2. The fourth-order valence-electron chi connectivity index (χ4n) is 4.22. The van der Waals surface area contributed by atoms with Crippen LogP contribution in [0, 0.1) is 0 Å². The van der Waals surface area contributed by atoms with Crippen molar-refractivity contribution in [3.8, 4) is 11.3 Å². The Labute approximate surface area is 192 Å². The maximum Gasteiger partial charge on any atom is 0.258 e. The van der Waals surface area contributed by atoms with E-state index in [1.807, 2.05) is 59.5 Å². The molecule has 2 heterocycles. The van der Waals surface area contributed by atoms with Gasteiger partial charge in [-0.3, -0.25) is 14.6 Å². The van der Waals surface area contributed by atoms with Gasteiger partial charge in [0.25, 0.3) is 11.8 Å². The number of pyridine rings is 1. The Balaban J connectivity index is 1.34. The number of aryl methyl sites for hydroxylation is 1. The molecule has 3 aromatic carbocycles. The minimum atomic E-state index is -0.222. The average Bonchev–Trinajstić information content (AvgIpc) is 2.89. The van der Waals surface area contributed by atoms with Crippen LogP contribution in [0.15, 0.2) is 97.2 Å². The van der Waals surface area contributed by atoms with Crippen LogP contribution in [0.3, 0.4) is 0 Å². The molecular formula is C28H23N3O2. The van der Waals surface area contributed by atoms with Gasteiger partial charge in [-0.1, -0.05) is 42.5 Å². The van der Waals surface area contributed by atoms with Gasteiger partial charge in [-0.25, -0.2) is 0 Å². The monoisotopic (exact) mass is 433 g/mol. The lowest BCUT2D eigenvalue weighted by molar-refractivity contribution is 0.0984. The highest BCUT2D eigenvalue weighted by molar-refractivity contribution is 6.09. The van der Waals surface area contributed by atoms with Crippen molar-refractivity contribution in [1.29, 1.82) is 0 Å². The summed E-state index contributed by atoms with van der Waals surface area (Å²) in [5, 5.41) is 2.94. The van der Waals surface area contributed by atoms with E-state index in [1.54, 1.807) is 36.5 Å². The summed E-state index contributed by atoms with van der Waals surface area (Å²) in [6.45, 7) is 0.707. The van der Waals surface area contributed by atoms with Gasteiger partial charge in [0, 0.05) is 40.8 Å². The summed E-state index contributed by atoms with van der Waals surface area (Å²) < 4.78 is 0. The Kier molecular flexibility index (Phi) is 5.68. The summed E-state index contributed by atoms with van der Waals surface area (Å²) in [6.07, 6.45) is 3.65. The van der Waals surface area contributed by atoms with Crippen molar-refractivity contribution in [2.75, 3.05) is 16.8 Å². The summed E-state index contributed by atoms with van der Waals surface area (Å²) in [5.74, 6) is -0.249. The van der Waals surface area contributed by atoms with E-state index >= 15 is 0 Å². The van der Waals surface area contributed by atoms with Gasteiger partial charge in [-0.15, -0.1) is 0 Å². The van der Waals surface area contributed by atoms with Crippen LogP contribution in [0.5, 0.6) is 0 Å². The van der Waals surface area contributed by atoms with Crippen molar-refractivity contribution >= 4 is 23.2 Å². The molecule has 5 rings (SSSR count). The number of rotatable bonds is 4. The molecule has 1 aromatic heterocycles. The van der Waals surface area contributed by atoms with Gasteiger partial charge in [0.2, 0.25) is 0 Å². The van der Waals surface area contributed by atoms with Crippen molar-refractivity contribution in [2.24, 2.45) is 0 Å². The highest BCUT2D eigenvalue weighted by Gasteiger charge is 2.23. The number of benzene rings is 3. The molecule has 162 valence electrons. The predicted octanol–water partition coefficient (Wildman–Crippen LogP) is 5.59. The molecule has 1 N–H and O–H groups in total. The zero-order valence-corrected chi connectivity index (χ0v) is 18.1. The average molecular weight is 434 g/mol. The van der Waals surface area contributed by atoms with E-state index in [0.29, 0.717) is 23.4 Å². The lowest BCUT2D eigenvalue weighted by Crippen LogP contribution is -2.35. The van der Waals surface area contributed by atoms with Crippen LogP contribution in [0.2, 0.25) is 0 Å². The molecule has 4 aromatic rings.